The lowest BCUT2D eigenvalue weighted by Gasteiger charge is -2.18. The maximum atomic E-state index is 13.4. The molecule has 1 heterocycles. The van der Waals surface area contributed by atoms with Crippen LogP contribution in [-0.4, -0.2) is 18.2 Å². The van der Waals surface area contributed by atoms with Crippen LogP contribution in [0.4, 0.5) is 9.18 Å². The van der Waals surface area contributed by atoms with Gasteiger partial charge in [-0.25, -0.2) is 9.18 Å². The van der Waals surface area contributed by atoms with Crippen LogP contribution >= 0.6 is 15.9 Å². The van der Waals surface area contributed by atoms with Crippen LogP contribution in [-0.2, 0) is 4.74 Å². The fraction of sp³-hybridized carbons (Fsp3) is 0.312. The predicted molar refractivity (Wildman–Crippen MR) is 85.0 cm³/mol. The zero-order chi connectivity index (χ0) is 16.3. The molecule has 0 spiro atoms. The monoisotopic (exact) mass is 367 g/mol. The molecule has 6 heteroatoms. The molecule has 0 saturated heterocycles. The first-order valence-corrected chi connectivity index (χ1v) is 7.39. The average molecular weight is 368 g/mol. The van der Waals surface area contributed by atoms with E-state index < -0.39 is 11.7 Å². The van der Waals surface area contributed by atoms with Crippen LogP contribution < -0.4 is 5.32 Å². The highest BCUT2D eigenvalue weighted by atomic mass is 79.9. The van der Waals surface area contributed by atoms with Crippen molar-refractivity contribution >= 4 is 33.0 Å². The molecule has 0 aliphatic heterocycles. The number of furan rings is 1. The lowest BCUT2D eigenvalue weighted by Crippen LogP contribution is -2.32. The number of amides is 1. The molecule has 0 atom stereocenters. The molecule has 1 aromatic heterocycles. The summed E-state index contributed by atoms with van der Waals surface area (Å²) in [5.74, 6) is 5.55. The molecule has 0 aliphatic carbocycles. The van der Waals surface area contributed by atoms with E-state index in [1.54, 1.807) is 32.9 Å². The number of benzene rings is 1. The highest BCUT2D eigenvalue weighted by Gasteiger charge is 2.15. The van der Waals surface area contributed by atoms with Crippen LogP contribution in [0, 0.1) is 17.7 Å². The van der Waals surface area contributed by atoms with Crippen molar-refractivity contribution in [3.8, 4) is 11.8 Å². The molecule has 2 rings (SSSR count). The zero-order valence-electron chi connectivity index (χ0n) is 12.4. The number of halogens is 2. The topological polar surface area (TPSA) is 51.5 Å². The van der Waals surface area contributed by atoms with Crippen molar-refractivity contribution < 1.29 is 18.3 Å². The molecule has 0 bridgehead atoms. The summed E-state index contributed by atoms with van der Waals surface area (Å²) in [5, 5.41) is 3.13. The molecule has 1 aromatic carbocycles. The Balaban J connectivity index is 2.01. The summed E-state index contributed by atoms with van der Waals surface area (Å²) >= 11 is 3.17. The molecule has 0 fully saturated rings. The van der Waals surface area contributed by atoms with E-state index in [0.29, 0.717) is 21.2 Å². The Morgan fingerprint density at radius 3 is 2.86 bits per heavy atom. The second-order valence-electron chi connectivity index (χ2n) is 5.54. The van der Waals surface area contributed by atoms with Gasteiger partial charge in [0.15, 0.2) is 5.76 Å². The summed E-state index contributed by atoms with van der Waals surface area (Å²) < 4.78 is 24.3. The van der Waals surface area contributed by atoms with Gasteiger partial charge in [-0.05, 0) is 54.8 Å². The number of hydrogen-bond donors (Lipinski definition) is 1. The normalized spacial score (nSPS) is 11.0. The van der Waals surface area contributed by atoms with Gasteiger partial charge in [0, 0.05) is 11.5 Å². The summed E-state index contributed by atoms with van der Waals surface area (Å²) in [5.41, 5.74) is -0.00950. The van der Waals surface area contributed by atoms with Gasteiger partial charge >= 0.3 is 6.09 Å². The van der Waals surface area contributed by atoms with Gasteiger partial charge in [0.1, 0.15) is 17.0 Å². The van der Waals surface area contributed by atoms with E-state index in [2.05, 4.69) is 33.1 Å². The SMILES string of the molecule is CC(C)(C)OC(=O)NCC#Cc1cc2c(Br)c(F)ccc2o1. The second-order valence-corrected chi connectivity index (χ2v) is 6.33. The third-order valence-corrected chi connectivity index (χ3v) is 3.33. The zero-order valence-corrected chi connectivity index (χ0v) is 14.0. The Hall–Kier alpha value is -2.00. The Labute approximate surface area is 136 Å². The number of alkyl carbamates (subject to hydrolysis) is 1. The number of fused-ring (bicyclic) bond motifs is 1. The highest BCUT2D eigenvalue weighted by molar-refractivity contribution is 9.10. The molecular formula is C16H15BrFNO3. The van der Waals surface area contributed by atoms with Crippen molar-refractivity contribution in [2.45, 2.75) is 26.4 Å². The lowest BCUT2D eigenvalue weighted by atomic mass is 10.2. The molecule has 0 radical (unpaired) electrons. The van der Waals surface area contributed by atoms with E-state index >= 15 is 0 Å². The van der Waals surface area contributed by atoms with E-state index in [9.17, 15) is 9.18 Å². The molecule has 22 heavy (non-hydrogen) atoms. The molecule has 1 N–H and O–H groups in total. The van der Waals surface area contributed by atoms with Crippen LogP contribution in [0.25, 0.3) is 11.0 Å². The van der Waals surface area contributed by atoms with Gasteiger partial charge in [-0.1, -0.05) is 5.92 Å². The van der Waals surface area contributed by atoms with Gasteiger partial charge < -0.3 is 14.5 Å². The Morgan fingerprint density at radius 2 is 2.18 bits per heavy atom. The van der Waals surface area contributed by atoms with Crippen LogP contribution in [0.2, 0.25) is 0 Å². The number of nitrogens with one attached hydrogen (secondary N) is 1. The summed E-state index contributed by atoms with van der Waals surface area (Å²) in [6.07, 6.45) is -0.531. The first-order chi connectivity index (χ1) is 10.3. The van der Waals surface area contributed by atoms with E-state index in [0.717, 1.165) is 0 Å². The van der Waals surface area contributed by atoms with Crippen LogP contribution in [0.15, 0.2) is 27.1 Å². The minimum atomic E-state index is -0.549. The maximum absolute atomic E-state index is 13.4. The average Bonchev–Trinajstić information content (AvgIpc) is 2.81. The summed E-state index contributed by atoms with van der Waals surface area (Å²) in [7, 11) is 0. The van der Waals surface area contributed by atoms with Gasteiger partial charge in [-0.2, -0.15) is 0 Å². The van der Waals surface area contributed by atoms with Crippen molar-refractivity contribution in [2.24, 2.45) is 0 Å². The van der Waals surface area contributed by atoms with Crippen LogP contribution in [0.1, 0.15) is 26.5 Å². The minimum Gasteiger partial charge on any atom is -0.448 e. The number of hydrogen-bond acceptors (Lipinski definition) is 3. The maximum Gasteiger partial charge on any atom is 0.408 e. The fourth-order valence-corrected chi connectivity index (χ4v) is 2.12. The number of carbonyl (C=O) groups is 1. The fourth-order valence-electron chi connectivity index (χ4n) is 1.67. The molecule has 116 valence electrons. The van der Waals surface area contributed by atoms with E-state index in [-0.39, 0.29) is 12.4 Å². The van der Waals surface area contributed by atoms with E-state index in [1.165, 1.54) is 6.07 Å². The van der Waals surface area contributed by atoms with Gasteiger partial charge in [-0.15, -0.1) is 0 Å². The molecule has 1 amide bonds. The molecular weight excluding hydrogens is 353 g/mol. The van der Waals surface area contributed by atoms with Crippen molar-refractivity contribution in [2.75, 3.05) is 6.54 Å². The first-order valence-electron chi connectivity index (χ1n) is 6.59. The van der Waals surface area contributed by atoms with Gasteiger partial charge in [0.2, 0.25) is 0 Å². The minimum absolute atomic E-state index is 0.126. The number of rotatable bonds is 1. The highest BCUT2D eigenvalue weighted by Crippen LogP contribution is 2.29. The van der Waals surface area contributed by atoms with Crippen molar-refractivity contribution in [1.82, 2.24) is 5.32 Å². The van der Waals surface area contributed by atoms with Gasteiger partial charge in [0.05, 0.1) is 11.0 Å². The van der Waals surface area contributed by atoms with E-state index in [4.69, 9.17) is 9.15 Å². The van der Waals surface area contributed by atoms with Crippen LogP contribution in [0.3, 0.4) is 0 Å². The molecule has 0 saturated carbocycles. The second kappa shape index (κ2) is 6.41. The largest absolute Gasteiger partial charge is 0.448 e. The molecule has 4 nitrogen and oxygen atoms in total. The quantitative estimate of drug-likeness (QED) is 0.768. The Bertz CT molecular complexity index is 765. The Morgan fingerprint density at radius 1 is 1.45 bits per heavy atom. The molecule has 0 unspecified atom stereocenters. The number of ether oxygens (including phenoxy) is 1. The summed E-state index contributed by atoms with van der Waals surface area (Å²) in [4.78, 5) is 11.4. The smallest absolute Gasteiger partial charge is 0.408 e. The standard InChI is InChI=1S/C16H15BrFNO3/c1-16(2,3)22-15(20)19-8-4-5-10-9-11-13(21-10)7-6-12(18)14(11)17/h6-7,9H,8H2,1-3H3,(H,19,20). The molecule has 2 aromatic rings. The summed E-state index contributed by atoms with van der Waals surface area (Å²) in [6.45, 7) is 5.47. The molecule has 0 aliphatic rings. The Kier molecular flexibility index (Phi) is 4.77. The first kappa shape index (κ1) is 16.4. The van der Waals surface area contributed by atoms with Crippen LogP contribution in [0.5, 0.6) is 0 Å². The predicted octanol–water partition coefficient (Wildman–Crippen LogP) is 4.21. The third-order valence-electron chi connectivity index (χ3n) is 2.52. The number of carbonyl (C=O) groups excluding carboxylic acids is 1. The lowest BCUT2D eigenvalue weighted by molar-refractivity contribution is 0.0535. The van der Waals surface area contributed by atoms with E-state index in [1.807, 2.05) is 0 Å². The van der Waals surface area contributed by atoms with Gasteiger partial charge in [-0.3, -0.25) is 0 Å². The van der Waals surface area contributed by atoms with Gasteiger partial charge in [0.25, 0.3) is 0 Å². The van der Waals surface area contributed by atoms with Crippen molar-refractivity contribution in [1.29, 1.82) is 0 Å². The third kappa shape index (κ3) is 4.25. The van der Waals surface area contributed by atoms with Crippen molar-refractivity contribution in [3.05, 3.63) is 34.2 Å². The van der Waals surface area contributed by atoms with Crippen molar-refractivity contribution in [3.63, 3.8) is 0 Å². The summed E-state index contributed by atoms with van der Waals surface area (Å²) in [6, 6.07) is 4.50.